The molecule has 0 aliphatic rings. The molecule has 0 fully saturated rings. The molecule has 1 atom stereocenters. The number of anilines is 3. The Bertz CT molecular complexity index is 1500. The average Bonchev–Trinajstić information content (AvgIpc) is 3.24. The molecule has 12 heteroatoms. The third kappa shape index (κ3) is 5.92. The molecule has 0 bridgehead atoms. The lowest BCUT2D eigenvalue weighted by atomic mass is 10.1. The van der Waals surface area contributed by atoms with E-state index in [9.17, 15) is 22.2 Å². The van der Waals surface area contributed by atoms with Crippen molar-refractivity contribution >= 4 is 39.1 Å². The zero-order valence-corrected chi connectivity index (χ0v) is 20.4. The minimum Gasteiger partial charge on any atom is -0.340 e. The van der Waals surface area contributed by atoms with Gasteiger partial charge in [0.15, 0.2) is 11.0 Å². The fourth-order valence-corrected chi connectivity index (χ4v) is 4.14. The third-order valence-electron chi connectivity index (χ3n) is 5.23. The van der Waals surface area contributed by atoms with Crippen LogP contribution in [0.4, 0.5) is 30.6 Å². The first-order valence-corrected chi connectivity index (χ1v) is 11.9. The zero-order chi connectivity index (χ0) is 26.7. The number of halogens is 3. The van der Waals surface area contributed by atoms with Gasteiger partial charge in [-0.15, -0.1) is 0 Å². The molecule has 0 amide bonds. The minimum absolute atomic E-state index is 0.114. The lowest BCUT2D eigenvalue weighted by Gasteiger charge is -2.10. The van der Waals surface area contributed by atoms with Crippen LogP contribution >= 0.6 is 0 Å². The SMILES string of the molecule is C=C(C)c1noc(NS(=O)C(=O)c2ccc(Nc3cc(-c4cccc(C(F)(F)F)c4)ncn3)cc2)c1C. The summed E-state index contributed by atoms with van der Waals surface area (Å²) in [5.74, 6) is 0.448. The number of allylic oxidation sites excluding steroid dienone is 1. The van der Waals surface area contributed by atoms with Crippen LogP contribution in [-0.4, -0.2) is 24.4 Å². The van der Waals surface area contributed by atoms with Crippen LogP contribution in [0.15, 0.2) is 72.0 Å². The van der Waals surface area contributed by atoms with Gasteiger partial charge in [0.25, 0.3) is 5.12 Å². The third-order valence-corrected chi connectivity index (χ3v) is 6.17. The number of carbonyl (C=O) groups is 1. The fourth-order valence-electron chi connectivity index (χ4n) is 3.34. The van der Waals surface area contributed by atoms with Gasteiger partial charge in [-0.05, 0) is 55.8 Å². The van der Waals surface area contributed by atoms with Crippen LogP contribution in [-0.2, 0) is 17.2 Å². The van der Waals surface area contributed by atoms with E-state index in [-0.39, 0.29) is 17.0 Å². The van der Waals surface area contributed by atoms with Crippen molar-refractivity contribution < 1.29 is 26.7 Å². The van der Waals surface area contributed by atoms with E-state index in [1.165, 1.54) is 36.7 Å². The summed E-state index contributed by atoms with van der Waals surface area (Å²) >= 11 is 0. The Morgan fingerprint density at radius 3 is 2.46 bits per heavy atom. The molecule has 1 unspecified atom stereocenters. The standard InChI is InChI=1S/C25H20F3N5O3S/c1-14(2)22-15(3)23(36-32-22)33-37(35)24(34)16-7-9-19(10-8-16)31-21-12-20(29-13-30-21)17-5-4-6-18(11-17)25(26,27)28/h4-13,33H,1H2,2-3H3,(H,29,30,31). The van der Waals surface area contributed by atoms with Crippen molar-refractivity contribution in [1.82, 2.24) is 15.1 Å². The molecular weight excluding hydrogens is 507 g/mol. The van der Waals surface area contributed by atoms with E-state index in [2.05, 4.69) is 31.7 Å². The molecular formula is C25H20F3N5O3S. The lowest BCUT2D eigenvalue weighted by Crippen LogP contribution is -2.16. The maximum Gasteiger partial charge on any atom is 0.416 e. The quantitative estimate of drug-likeness (QED) is 0.297. The molecule has 0 saturated carbocycles. The maximum absolute atomic E-state index is 13.0. The van der Waals surface area contributed by atoms with Crippen LogP contribution < -0.4 is 10.0 Å². The van der Waals surface area contributed by atoms with Crippen LogP contribution in [0.2, 0.25) is 0 Å². The number of benzene rings is 2. The van der Waals surface area contributed by atoms with Gasteiger partial charge in [0, 0.05) is 28.4 Å². The summed E-state index contributed by atoms with van der Waals surface area (Å²) in [5, 5.41) is 6.18. The van der Waals surface area contributed by atoms with Crippen LogP contribution in [0.1, 0.15) is 34.1 Å². The second kappa shape index (κ2) is 10.3. The topological polar surface area (TPSA) is 110 Å². The van der Waals surface area contributed by atoms with Crippen LogP contribution in [0, 0.1) is 6.92 Å². The Morgan fingerprint density at radius 2 is 1.81 bits per heavy atom. The molecule has 2 N–H and O–H groups in total. The van der Waals surface area contributed by atoms with Crippen molar-refractivity contribution in [2.75, 3.05) is 10.0 Å². The number of hydrogen-bond acceptors (Lipinski definition) is 7. The molecule has 190 valence electrons. The molecule has 4 aromatic rings. The Hall–Kier alpha value is -4.32. The number of rotatable bonds is 7. The van der Waals surface area contributed by atoms with Crippen molar-refractivity contribution in [3.8, 4) is 11.3 Å². The van der Waals surface area contributed by atoms with Crippen LogP contribution in [0.3, 0.4) is 0 Å². The summed E-state index contributed by atoms with van der Waals surface area (Å²) in [6.07, 6.45) is -3.24. The Balaban J connectivity index is 1.45. The Morgan fingerprint density at radius 1 is 1.08 bits per heavy atom. The summed E-state index contributed by atoms with van der Waals surface area (Å²) in [6.45, 7) is 7.24. The van der Waals surface area contributed by atoms with Gasteiger partial charge in [0.1, 0.15) is 17.8 Å². The minimum atomic E-state index is -4.47. The zero-order valence-electron chi connectivity index (χ0n) is 19.6. The highest BCUT2D eigenvalue weighted by molar-refractivity contribution is 8.02. The van der Waals surface area contributed by atoms with Crippen molar-refractivity contribution in [2.24, 2.45) is 0 Å². The van der Waals surface area contributed by atoms with E-state index in [1.54, 1.807) is 26.0 Å². The average molecular weight is 528 g/mol. The lowest BCUT2D eigenvalue weighted by molar-refractivity contribution is -0.137. The van der Waals surface area contributed by atoms with Gasteiger partial charge in [-0.3, -0.25) is 9.52 Å². The monoisotopic (exact) mass is 527 g/mol. The van der Waals surface area contributed by atoms with Crippen LogP contribution in [0.5, 0.6) is 0 Å². The largest absolute Gasteiger partial charge is 0.416 e. The van der Waals surface area contributed by atoms with E-state index in [4.69, 9.17) is 4.52 Å². The van der Waals surface area contributed by atoms with E-state index >= 15 is 0 Å². The highest BCUT2D eigenvalue weighted by Crippen LogP contribution is 2.32. The van der Waals surface area contributed by atoms with E-state index < -0.39 is 27.8 Å². The number of nitrogens with zero attached hydrogens (tertiary/aromatic N) is 3. The molecule has 0 aliphatic carbocycles. The maximum atomic E-state index is 13.0. The summed E-state index contributed by atoms with van der Waals surface area (Å²) < 4.78 is 59.3. The summed E-state index contributed by atoms with van der Waals surface area (Å²) in [5.41, 5.74) is 2.30. The van der Waals surface area contributed by atoms with Gasteiger partial charge in [-0.25, -0.2) is 14.2 Å². The van der Waals surface area contributed by atoms with Gasteiger partial charge >= 0.3 is 6.18 Å². The summed E-state index contributed by atoms with van der Waals surface area (Å²) in [7, 11) is -2.13. The summed E-state index contributed by atoms with van der Waals surface area (Å²) in [4.78, 5) is 20.8. The molecule has 2 aromatic carbocycles. The first-order chi connectivity index (χ1) is 17.5. The van der Waals surface area contributed by atoms with E-state index in [0.717, 1.165) is 12.1 Å². The second-order valence-corrected chi connectivity index (χ2v) is 9.11. The van der Waals surface area contributed by atoms with Gasteiger partial charge < -0.3 is 9.84 Å². The first-order valence-electron chi connectivity index (χ1n) is 10.7. The van der Waals surface area contributed by atoms with Gasteiger partial charge in [-0.1, -0.05) is 23.9 Å². The van der Waals surface area contributed by atoms with Crippen LogP contribution in [0.25, 0.3) is 16.8 Å². The molecule has 2 heterocycles. The van der Waals surface area contributed by atoms with Crippen molar-refractivity contribution in [2.45, 2.75) is 20.0 Å². The smallest absolute Gasteiger partial charge is 0.340 e. The predicted octanol–water partition coefficient (Wildman–Crippen LogP) is 6.15. The van der Waals surface area contributed by atoms with E-state index in [0.29, 0.717) is 34.0 Å². The molecule has 0 spiro atoms. The van der Waals surface area contributed by atoms with E-state index in [1.807, 2.05) is 0 Å². The highest BCUT2D eigenvalue weighted by Gasteiger charge is 2.30. The second-order valence-electron chi connectivity index (χ2n) is 7.99. The fraction of sp³-hybridized carbons (Fsp3) is 0.120. The molecule has 4 rings (SSSR count). The number of nitrogens with one attached hydrogen (secondary N) is 2. The van der Waals surface area contributed by atoms with Crippen molar-refractivity contribution in [3.63, 3.8) is 0 Å². The normalized spacial score (nSPS) is 12.1. The first kappa shape index (κ1) is 25.8. The predicted molar refractivity (Wildman–Crippen MR) is 134 cm³/mol. The Kier molecular flexibility index (Phi) is 7.21. The number of alkyl halides is 3. The van der Waals surface area contributed by atoms with Gasteiger partial charge in [0.2, 0.25) is 5.88 Å². The highest BCUT2D eigenvalue weighted by atomic mass is 32.2. The molecule has 8 nitrogen and oxygen atoms in total. The van der Waals surface area contributed by atoms with Gasteiger partial charge in [0.05, 0.1) is 11.3 Å². The van der Waals surface area contributed by atoms with Crippen molar-refractivity contribution in [1.29, 1.82) is 0 Å². The molecule has 37 heavy (non-hydrogen) atoms. The number of carbonyl (C=O) groups excluding carboxylic acids is 1. The Labute approximate surface area is 212 Å². The van der Waals surface area contributed by atoms with Gasteiger partial charge in [-0.2, -0.15) is 13.2 Å². The number of hydrogen-bond donors (Lipinski definition) is 2. The summed E-state index contributed by atoms with van der Waals surface area (Å²) in [6, 6.07) is 12.5. The number of aromatic nitrogens is 3. The molecule has 0 aliphatic heterocycles. The molecule has 2 aromatic heterocycles. The van der Waals surface area contributed by atoms with Crippen molar-refractivity contribution in [3.05, 3.63) is 89.9 Å². The molecule has 0 saturated heterocycles. The molecule has 0 radical (unpaired) electrons.